The Kier molecular flexibility index (Phi) is 3.29. The van der Waals surface area contributed by atoms with Gasteiger partial charge in [0.1, 0.15) is 11.5 Å². The molecular weight excluding hydrogens is 180 g/mol. The fraction of sp³-hybridized carbons (Fsp3) is 0.182. The molecule has 0 aliphatic heterocycles. The predicted molar refractivity (Wildman–Crippen MR) is 55.0 cm³/mol. The van der Waals surface area contributed by atoms with Gasteiger partial charge in [0.05, 0.1) is 19.8 Å². The number of carbonyl (C=O) groups excluding carboxylic acids is 1. The highest BCUT2D eigenvalue weighted by atomic mass is 16.5. The molecule has 0 bridgehead atoms. The van der Waals surface area contributed by atoms with Crippen LogP contribution in [0.2, 0.25) is 0 Å². The standard InChI is InChI=1S/C11H12O3/c1-4-8-5-9(13-2)6-11(14-3)10(8)7-12/h4-7H,1H2,2-3H3. The zero-order valence-corrected chi connectivity index (χ0v) is 8.24. The van der Waals surface area contributed by atoms with Crippen molar-refractivity contribution in [3.63, 3.8) is 0 Å². The first kappa shape index (κ1) is 10.3. The Labute approximate surface area is 83.0 Å². The number of rotatable bonds is 4. The van der Waals surface area contributed by atoms with E-state index >= 15 is 0 Å². The van der Waals surface area contributed by atoms with Crippen molar-refractivity contribution in [3.8, 4) is 11.5 Å². The molecule has 14 heavy (non-hydrogen) atoms. The molecule has 0 radical (unpaired) electrons. The van der Waals surface area contributed by atoms with Gasteiger partial charge in [0.25, 0.3) is 0 Å². The molecule has 0 fully saturated rings. The van der Waals surface area contributed by atoms with Crippen LogP contribution in [0.3, 0.4) is 0 Å². The Morgan fingerprint density at radius 3 is 2.43 bits per heavy atom. The Morgan fingerprint density at radius 2 is 2.00 bits per heavy atom. The van der Waals surface area contributed by atoms with Crippen molar-refractivity contribution in [2.75, 3.05) is 14.2 Å². The molecule has 0 spiro atoms. The van der Waals surface area contributed by atoms with E-state index in [0.717, 1.165) is 6.29 Å². The van der Waals surface area contributed by atoms with Crippen LogP contribution in [0.5, 0.6) is 11.5 Å². The normalized spacial score (nSPS) is 9.29. The van der Waals surface area contributed by atoms with Crippen LogP contribution in [0.4, 0.5) is 0 Å². The summed E-state index contributed by atoms with van der Waals surface area (Å²) in [5, 5.41) is 0. The van der Waals surface area contributed by atoms with E-state index in [1.807, 2.05) is 0 Å². The van der Waals surface area contributed by atoms with Gasteiger partial charge >= 0.3 is 0 Å². The van der Waals surface area contributed by atoms with Crippen LogP contribution in [0, 0.1) is 0 Å². The van der Waals surface area contributed by atoms with Gasteiger partial charge in [0.15, 0.2) is 6.29 Å². The van der Waals surface area contributed by atoms with Crippen molar-refractivity contribution < 1.29 is 14.3 Å². The Morgan fingerprint density at radius 1 is 1.29 bits per heavy atom. The number of hydrogen-bond donors (Lipinski definition) is 0. The van der Waals surface area contributed by atoms with Crippen LogP contribution in [-0.4, -0.2) is 20.5 Å². The van der Waals surface area contributed by atoms with Crippen LogP contribution in [-0.2, 0) is 0 Å². The average Bonchev–Trinajstić information content (AvgIpc) is 2.26. The lowest BCUT2D eigenvalue weighted by atomic mass is 10.1. The largest absolute Gasteiger partial charge is 0.497 e. The zero-order chi connectivity index (χ0) is 10.6. The summed E-state index contributed by atoms with van der Waals surface area (Å²) in [7, 11) is 3.07. The molecule has 0 aliphatic rings. The fourth-order valence-corrected chi connectivity index (χ4v) is 1.20. The summed E-state index contributed by atoms with van der Waals surface area (Å²) >= 11 is 0. The van der Waals surface area contributed by atoms with E-state index in [2.05, 4.69) is 6.58 Å². The minimum atomic E-state index is 0.489. The minimum absolute atomic E-state index is 0.489. The average molecular weight is 192 g/mol. The van der Waals surface area contributed by atoms with Crippen molar-refractivity contribution in [2.24, 2.45) is 0 Å². The van der Waals surface area contributed by atoms with Gasteiger partial charge in [-0.05, 0) is 11.6 Å². The molecular formula is C11H12O3. The summed E-state index contributed by atoms with van der Waals surface area (Å²) in [6.07, 6.45) is 2.34. The lowest BCUT2D eigenvalue weighted by Gasteiger charge is -2.09. The molecule has 1 aromatic carbocycles. The molecule has 0 atom stereocenters. The number of carbonyl (C=O) groups is 1. The topological polar surface area (TPSA) is 35.5 Å². The maximum absolute atomic E-state index is 10.8. The van der Waals surface area contributed by atoms with Gasteiger partial charge in [-0.3, -0.25) is 4.79 Å². The van der Waals surface area contributed by atoms with E-state index in [4.69, 9.17) is 9.47 Å². The summed E-state index contributed by atoms with van der Waals surface area (Å²) in [5.74, 6) is 1.14. The van der Waals surface area contributed by atoms with E-state index in [9.17, 15) is 4.79 Å². The van der Waals surface area contributed by atoms with E-state index < -0.39 is 0 Å². The van der Waals surface area contributed by atoms with Gasteiger partial charge in [0.2, 0.25) is 0 Å². The lowest BCUT2D eigenvalue weighted by molar-refractivity contribution is 0.112. The summed E-state index contributed by atoms with van der Waals surface area (Å²) in [6.45, 7) is 3.62. The first-order chi connectivity index (χ1) is 6.76. The Bertz CT molecular complexity index is 356. The maximum atomic E-state index is 10.8. The smallest absolute Gasteiger partial charge is 0.154 e. The van der Waals surface area contributed by atoms with E-state index in [1.165, 1.54) is 7.11 Å². The molecule has 0 saturated carbocycles. The third kappa shape index (κ3) is 1.76. The van der Waals surface area contributed by atoms with Crippen LogP contribution in [0.25, 0.3) is 6.08 Å². The van der Waals surface area contributed by atoms with Crippen molar-refractivity contribution in [1.82, 2.24) is 0 Å². The molecule has 1 aromatic rings. The van der Waals surface area contributed by atoms with Crippen molar-refractivity contribution in [2.45, 2.75) is 0 Å². The summed E-state index contributed by atoms with van der Waals surface area (Å²) in [5.41, 5.74) is 1.19. The van der Waals surface area contributed by atoms with Crippen LogP contribution in [0.15, 0.2) is 18.7 Å². The second-order valence-electron chi connectivity index (χ2n) is 2.65. The van der Waals surface area contributed by atoms with Crippen molar-refractivity contribution >= 4 is 12.4 Å². The number of hydrogen-bond acceptors (Lipinski definition) is 3. The van der Waals surface area contributed by atoms with Crippen LogP contribution < -0.4 is 9.47 Å². The van der Waals surface area contributed by atoms with Crippen LogP contribution >= 0.6 is 0 Å². The van der Waals surface area contributed by atoms with Gasteiger partial charge in [-0.1, -0.05) is 12.7 Å². The highest BCUT2D eigenvalue weighted by Crippen LogP contribution is 2.27. The molecule has 0 heterocycles. The van der Waals surface area contributed by atoms with Gasteiger partial charge in [-0.2, -0.15) is 0 Å². The third-order valence-corrected chi connectivity index (χ3v) is 1.94. The number of ether oxygens (including phenoxy) is 2. The summed E-state index contributed by atoms with van der Waals surface area (Å²) in [4.78, 5) is 10.8. The molecule has 1 rings (SSSR count). The highest BCUT2D eigenvalue weighted by Gasteiger charge is 2.08. The molecule has 0 amide bonds. The van der Waals surface area contributed by atoms with Gasteiger partial charge in [-0.25, -0.2) is 0 Å². The van der Waals surface area contributed by atoms with E-state index in [1.54, 1.807) is 25.3 Å². The first-order valence-corrected chi connectivity index (χ1v) is 4.10. The molecule has 0 aliphatic carbocycles. The van der Waals surface area contributed by atoms with E-state index in [0.29, 0.717) is 22.6 Å². The fourth-order valence-electron chi connectivity index (χ4n) is 1.20. The van der Waals surface area contributed by atoms with E-state index in [-0.39, 0.29) is 0 Å². The molecule has 3 nitrogen and oxygen atoms in total. The molecule has 0 aromatic heterocycles. The van der Waals surface area contributed by atoms with Crippen molar-refractivity contribution in [3.05, 3.63) is 29.8 Å². The van der Waals surface area contributed by atoms with Gasteiger partial charge < -0.3 is 9.47 Å². The maximum Gasteiger partial charge on any atom is 0.154 e. The molecule has 0 N–H and O–H groups in total. The number of methoxy groups -OCH3 is 2. The third-order valence-electron chi connectivity index (χ3n) is 1.94. The minimum Gasteiger partial charge on any atom is -0.497 e. The summed E-state index contributed by atoms with van der Waals surface area (Å²) in [6, 6.07) is 3.40. The Balaban J connectivity index is 3.38. The van der Waals surface area contributed by atoms with Crippen molar-refractivity contribution in [1.29, 1.82) is 0 Å². The SMILES string of the molecule is C=Cc1cc(OC)cc(OC)c1C=O. The highest BCUT2D eigenvalue weighted by molar-refractivity contribution is 5.86. The first-order valence-electron chi connectivity index (χ1n) is 4.10. The summed E-state index contributed by atoms with van der Waals surface area (Å²) < 4.78 is 10.1. The monoisotopic (exact) mass is 192 g/mol. The molecule has 0 saturated heterocycles. The number of aldehydes is 1. The second kappa shape index (κ2) is 4.46. The molecule has 74 valence electrons. The lowest BCUT2D eigenvalue weighted by Crippen LogP contribution is -1.95. The number of benzene rings is 1. The quantitative estimate of drug-likeness (QED) is 0.686. The van der Waals surface area contributed by atoms with Crippen LogP contribution in [0.1, 0.15) is 15.9 Å². The Hall–Kier alpha value is -1.77. The molecule has 0 unspecified atom stereocenters. The molecule has 3 heteroatoms. The second-order valence-corrected chi connectivity index (χ2v) is 2.65. The van der Waals surface area contributed by atoms with Gasteiger partial charge in [-0.15, -0.1) is 0 Å². The zero-order valence-electron chi connectivity index (χ0n) is 8.24. The van der Waals surface area contributed by atoms with Gasteiger partial charge in [0, 0.05) is 6.07 Å². The predicted octanol–water partition coefficient (Wildman–Crippen LogP) is 2.16.